The van der Waals surface area contributed by atoms with Gasteiger partial charge in [0.15, 0.2) is 0 Å². The molecule has 0 atom stereocenters. The third kappa shape index (κ3) is 3.05. The lowest BCUT2D eigenvalue weighted by molar-refractivity contribution is 0.102. The molecule has 1 aliphatic rings. The minimum atomic E-state index is -0.684. The number of rotatable bonds is 3. The molecule has 0 aliphatic carbocycles. The summed E-state index contributed by atoms with van der Waals surface area (Å²) in [6.07, 6.45) is 3.73. The molecule has 0 bridgehead atoms. The number of hydrogen-bond donors (Lipinski definition) is 1. The Morgan fingerprint density at radius 3 is 2.59 bits per heavy atom. The van der Waals surface area contributed by atoms with Crippen LogP contribution in [0.4, 0.5) is 20.3 Å². The van der Waals surface area contributed by atoms with E-state index in [0.717, 1.165) is 49.9 Å². The molecular weight excluding hydrogens is 288 g/mol. The first kappa shape index (κ1) is 14.4. The van der Waals surface area contributed by atoms with Crippen molar-refractivity contribution in [2.24, 2.45) is 0 Å². The van der Waals surface area contributed by atoms with Crippen molar-refractivity contribution >= 4 is 17.4 Å². The summed E-state index contributed by atoms with van der Waals surface area (Å²) in [5.74, 6) is -0.994. The summed E-state index contributed by atoms with van der Waals surface area (Å²) in [6, 6.07) is 6.31. The number of carbonyl (C=O) groups excluding carboxylic acids is 1. The summed E-state index contributed by atoms with van der Waals surface area (Å²) in [4.78, 5) is 18.5. The molecule has 0 unspecified atom stereocenters. The Morgan fingerprint density at radius 1 is 1.14 bits per heavy atom. The first-order chi connectivity index (χ1) is 10.6. The van der Waals surface area contributed by atoms with Gasteiger partial charge < -0.3 is 10.2 Å². The zero-order valence-electron chi connectivity index (χ0n) is 11.9. The van der Waals surface area contributed by atoms with Crippen LogP contribution in [-0.4, -0.2) is 24.0 Å². The largest absolute Gasteiger partial charge is 0.357 e. The molecule has 1 saturated heterocycles. The number of hydrogen-bond acceptors (Lipinski definition) is 3. The van der Waals surface area contributed by atoms with Gasteiger partial charge in [-0.1, -0.05) is 0 Å². The van der Waals surface area contributed by atoms with Crippen molar-refractivity contribution in [3.63, 3.8) is 0 Å². The molecule has 1 N–H and O–H groups in total. The number of benzene rings is 1. The van der Waals surface area contributed by atoms with Crippen LogP contribution >= 0.6 is 0 Å². The van der Waals surface area contributed by atoms with Gasteiger partial charge in [0.1, 0.15) is 17.5 Å². The fourth-order valence-electron chi connectivity index (χ4n) is 2.44. The molecule has 1 aromatic carbocycles. The van der Waals surface area contributed by atoms with E-state index >= 15 is 0 Å². The van der Waals surface area contributed by atoms with E-state index in [1.165, 1.54) is 6.20 Å². The average Bonchev–Trinajstić information content (AvgIpc) is 3.05. The number of pyridine rings is 1. The van der Waals surface area contributed by atoms with Gasteiger partial charge in [-0.25, -0.2) is 13.8 Å². The third-order valence-corrected chi connectivity index (χ3v) is 3.62. The summed E-state index contributed by atoms with van der Waals surface area (Å²) in [5.41, 5.74) is 0.111. The molecule has 114 valence electrons. The molecule has 1 amide bonds. The normalized spacial score (nSPS) is 14.2. The minimum Gasteiger partial charge on any atom is -0.357 e. The molecular formula is C16H15F2N3O. The fourth-order valence-corrected chi connectivity index (χ4v) is 2.44. The van der Waals surface area contributed by atoms with Gasteiger partial charge in [0.25, 0.3) is 5.91 Å². The second-order valence-corrected chi connectivity index (χ2v) is 5.18. The molecule has 1 aromatic heterocycles. The van der Waals surface area contributed by atoms with Gasteiger partial charge in [0, 0.05) is 25.4 Å². The zero-order chi connectivity index (χ0) is 15.5. The lowest BCUT2D eigenvalue weighted by Gasteiger charge is -2.16. The summed E-state index contributed by atoms with van der Waals surface area (Å²) < 4.78 is 26.6. The van der Waals surface area contributed by atoms with E-state index in [1.807, 2.05) is 0 Å². The monoisotopic (exact) mass is 303 g/mol. The van der Waals surface area contributed by atoms with Crippen LogP contribution in [0.1, 0.15) is 23.2 Å². The van der Waals surface area contributed by atoms with Gasteiger partial charge in [-0.15, -0.1) is 0 Å². The molecule has 0 saturated carbocycles. The Labute approximate surface area is 126 Å². The van der Waals surface area contributed by atoms with Gasteiger partial charge in [-0.3, -0.25) is 4.79 Å². The molecule has 2 aromatic rings. The van der Waals surface area contributed by atoms with E-state index < -0.39 is 17.5 Å². The smallest absolute Gasteiger partial charge is 0.257 e. The van der Waals surface area contributed by atoms with Gasteiger partial charge in [0.2, 0.25) is 0 Å². The topological polar surface area (TPSA) is 45.2 Å². The van der Waals surface area contributed by atoms with Crippen molar-refractivity contribution < 1.29 is 13.6 Å². The Hall–Kier alpha value is -2.50. The fraction of sp³-hybridized carbons (Fsp3) is 0.250. The lowest BCUT2D eigenvalue weighted by Crippen LogP contribution is -2.19. The van der Waals surface area contributed by atoms with Gasteiger partial charge >= 0.3 is 0 Å². The van der Waals surface area contributed by atoms with E-state index in [-0.39, 0.29) is 5.69 Å². The predicted molar refractivity (Wildman–Crippen MR) is 80.0 cm³/mol. The average molecular weight is 303 g/mol. The second-order valence-electron chi connectivity index (χ2n) is 5.18. The molecule has 3 rings (SSSR count). The SMILES string of the molecule is O=C(Nc1cc(F)ccc1F)c1ccc(N2CCCC2)nc1. The number of anilines is 2. The summed E-state index contributed by atoms with van der Waals surface area (Å²) >= 11 is 0. The molecule has 0 spiro atoms. The maximum Gasteiger partial charge on any atom is 0.257 e. The second kappa shape index (κ2) is 6.09. The number of amides is 1. The lowest BCUT2D eigenvalue weighted by atomic mass is 10.2. The standard InChI is InChI=1S/C16H15F2N3O/c17-12-4-5-13(18)14(9-12)20-16(22)11-3-6-15(19-10-11)21-7-1-2-8-21/h3-6,9-10H,1-2,7-8H2,(H,20,22). The van der Waals surface area contributed by atoms with Gasteiger partial charge in [0.05, 0.1) is 11.3 Å². The van der Waals surface area contributed by atoms with Crippen molar-refractivity contribution in [3.05, 3.63) is 53.7 Å². The van der Waals surface area contributed by atoms with Crippen LogP contribution in [0, 0.1) is 11.6 Å². The summed E-state index contributed by atoms with van der Waals surface area (Å²) in [5, 5.41) is 2.35. The number of nitrogens with one attached hydrogen (secondary N) is 1. The Bertz CT molecular complexity index is 682. The maximum atomic E-state index is 13.5. The maximum absolute atomic E-state index is 13.5. The van der Waals surface area contributed by atoms with E-state index in [0.29, 0.717) is 5.56 Å². The van der Waals surface area contributed by atoms with Crippen molar-refractivity contribution in [2.75, 3.05) is 23.3 Å². The van der Waals surface area contributed by atoms with Gasteiger partial charge in [-0.05, 0) is 37.1 Å². The minimum absolute atomic E-state index is 0.186. The zero-order valence-corrected chi connectivity index (χ0v) is 11.9. The molecule has 4 nitrogen and oxygen atoms in total. The van der Waals surface area contributed by atoms with E-state index in [9.17, 15) is 13.6 Å². The molecule has 2 heterocycles. The third-order valence-electron chi connectivity index (χ3n) is 3.62. The highest BCUT2D eigenvalue weighted by Gasteiger charge is 2.15. The van der Waals surface area contributed by atoms with Crippen LogP contribution in [-0.2, 0) is 0 Å². The summed E-state index contributed by atoms with van der Waals surface area (Å²) in [7, 11) is 0. The van der Waals surface area contributed by atoms with Crippen molar-refractivity contribution in [3.8, 4) is 0 Å². The van der Waals surface area contributed by atoms with Crippen molar-refractivity contribution in [1.82, 2.24) is 4.98 Å². The van der Waals surface area contributed by atoms with Crippen molar-refractivity contribution in [1.29, 1.82) is 0 Å². The molecule has 6 heteroatoms. The quantitative estimate of drug-likeness (QED) is 0.947. The first-order valence-electron chi connectivity index (χ1n) is 7.11. The van der Waals surface area contributed by atoms with E-state index in [1.54, 1.807) is 12.1 Å². The van der Waals surface area contributed by atoms with Crippen LogP contribution in [0.25, 0.3) is 0 Å². The predicted octanol–water partition coefficient (Wildman–Crippen LogP) is 3.21. The summed E-state index contributed by atoms with van der Waals surface area (Å²) in [6.45, 7) is 1.93. The van der Waals surface area contributed by atoms with Crippen LogP contribution in [0.15, 0.2) is 36.5 Å². The van der Waals surface area contributed by atoms with E-state index in [4.69, 9.17) is 0 Å². The Kier molecular flexibility index (Phi) is 4.00. The van der Waals surface area contributed by atoms with Crippen LogP contribution in [0.2, 0.25) is 0 Å². The first-order valence-corrected chi connectivity index (χ1v) is 7.11. The highest BCUT2D eigenvalue weighted by Crippen LogP contribution is 2.19. The number of halogens is 2. The van der Waals surface area contributed by atoms with Gasteiger partial charge in [-0.2, -0.15) is 0 Å². The molecule has 1 aliphatic heterocycles. The molecule has 0 radical (unpaired) electrons. The highest BCUT2D eigenvalue weighted by molar-refractivity contribution is 6.04. The van der Waals surface area contributed by atoms with Crippen LogP contribution < -0.4 is 10.2 Å². The van der Waals surface area contributed by atoms with Crippen LogP contribution in [0.3, 0.4) is 0 Å². The number of carbonyl (C=O) groups is 1. The van der Waals surface area contributed by atoms with E-state index in [2.05, 4.69) is 15.2 Å². The Morgan fingerprint density at radius 2 is 1.91 bits per heavy atom. The van der Waals surface area contributed by atoms with Crippen LogP contribution in [0.5, 0.6) is 0 Å². The number of nitrogens with zero attached hydrogens (tertiary/aromatic N) is 2. The molecule has 1 fully saturated rings. The Balaban J connectivity index is 1.73. The molecule has 22 heavy (non-hydrogen) atoms. The van der Waals surface area contributed by atoms with Crippen molar-refractivity contribution in [2.45, 2.75) is 12.8 Å². The number of aromatic nitrogens is 1. The highest BCUT2D eigenvalue weighted by atomic mass is 19.1.